The van der Waals surface area contributed by atoms with Crippen LogP contribution in [0, 0.1) is 23.3 Å². The maximum Gasteiger partial charge on any atom is 0.261 e. The lowest BCUT2D eigenvalue weighted by molar-refractivity contribution is 0.0635. The van der Waals surface area contributed by atoms with Crippen LogP contribution >= 0.6 is 0 Å². The van der Waals surface area contributed by atoms with Gasteiger partial charge in [-0.05, 0) is 56.6 Å². The number of carbonyl (C=O) groups excluding carboxylic acids is 4. The monoisotopic (exact) mass is 614 g/mol. The van der Waals surface area contributed by atoms with Crippen LogP contribution in [0.15, 0.2) is 48.5 Å². The van der Waals surface area contributed by atoms with Gasteiger partial charge < -0.3 is 0 Å². The number of hydrogen-bond donors (Lipinski definition) is 0. The van der Waals surface area contributed by atoms with Crippen LogP contribution in [0.4, 0.5) is 17.6 Å². The molecule has 46 heavy (non-hydrogen) atoms. The van der Waals surface area contributed by atoms with E-state index in [1.165, 1.54) is 14.1 Å². The van der Waals surface area contributed by atoms with E-state index in [0.29, 0.717) is 32.3 Å². The molecule has 2 heterocycles. The van der Waals surface area contributed by atoms with E-state index in [1.54, 1.807) is 24.3 Å². The average molecular weight is 615 g/mol. The molecule has 0 saturated carbocycles. The van der Waals surface area contributed by atoms with E-state index in [0.717, 1.165) is 34.1 Å². The maximum atomic E-state index is 16.2. The minimum absolute atomic E-state index is 0.0351. The third kappa shape index (κ3) is 2.53. The molecular weight excluding hydrogens is 600 g/mol. The van der Waals surface area contributed by atoms with E-state index in [4.69, 9.17) is 0 Å². The first-order valence-electron chi connectivity index (χ1n) is 14.2. The summed E-state index contributed by atoms with van der Waals surface area (Å²) in [6.07, 6.45) is 0. The van der Waals surface area contributed by atoms with E-state index >= 15 is 17.6 Å². The summed E-state index contributed by atoms with van der Waals surface area (Å²) in [5.74, 6) is -6.17. The Hall–Kier alpha value is -5.90. The van der Waals surface area contributed by atoms with Gasteiger partial charge in [0, 0.05) is 57.2 Å². The molecule has 0 N–H and O–H groups in total. The van der Waals surface area contributed by atoms with Crippen LogP contribution in [0.25, 0.3) is 75.4 Å². The smallest absolute Gasteiger partial charge is 0.261 e. The number of fused-ring (bicyclic) bond motifs is 4. The van der Waals surface area contributed by atoms with Gasteiger partial charge in [0.05, 0.1) is 22.3 Å². The van der Waals surface area contributed by atoms with Crippen molar-refractivity contribution in [2.45, 2.75) is 0 Å². The SMILES string of the molecule is CN1C(=O)c2cc(F)c3c4ccc5c6c(F)cc7c8c(cc(F)c(c9ccc(c%10c(F)cc(c2c3%10)C1=O)c4c59)c86)C(=O)N(C)C7=O. The molecule has 10 rings (SSSR count). The summed E-state index contributed by atoms with van der Waals surface area (Å²) in [4.78, 5) is 54.0. The lowest BCUT2D eigenvalue weighted by Crippen LogP contribution is -2.37. The number of amides is 4. The molecule has 8 aromatic carbocycles. The second kappa shape index (κ2) is 7.66. The quantitative estimate of drug-likeness (QED) is 0.0762. The summed E-state index contributed by atoms with van der Waals surface area (Å²) in [5.41, 5.74) is -0.292. The van der Waals surface area contributed by atoms with Crippen LogP contribution in [0.5, 0.6) is 0 Å². The number of hydrogen-bond acceptors (Lipinski definition) is 4. The molecule has 0 fully saturated rings. The van der Waals surface area contributed by atoms with E-state index in [1.807, 2.05) is 0 Å². The zero-order valence-electron chi connectivity index (χ0n) is 23.7. The highest BCUT2D eigenvalue weighted by Crippen LogP contribution is 2.51. The van der Waals surface area contributed by atoms with Gasteiger partial charge in [-0.1, -0.05) is 24.3 Å². The third-order valence-corrected chi connectivity index (χ3v) is 10.00. The van der Waals surface area contributed by atoms with Gasteiger partial charge in [0.15, 0.2) is 0 Å². The Bertz CT molecular complexity index is 2540. The molecule has 10 heteroatoms. The Kier molecular flexibility index (Phi) is 4.23. The van der Waals surface area contributed by atoms with Gasteiger partial charge in [0.25, 0.3) is 23.6 Å². The Balaban J connectivity index is 1.50. The van der Waals surface area contributed by atoms with E-state index < -0.39 is 46.9 Å². The van der Waals surface area contributed by atoms with Gasteiger partial charge in [-0.25, -0.2) is 17.6 Å². The third-order valence-electron chi connectivity index (χ3n) is 10.00. The fourth-order valence-electron chi connectivity index (χ4n) is 8.10. The second-order valence-corrected chi connectivity index (χ2v) is 12.0. The van der Waals surface area contributed by atoms with Crippen molar-refractivity contribution in [1.29, 1.82) is 0 Å². The molecule has 8 aromatic rings. The topological polar surface area (TPSA) is 74.8 Å². The first-order valence-corrected chi connectivity index (χ1v) is 14.2. The van der Waals surface area contributed by atoms with E-state index in [-0.39, 0.29) is 65.3 Å². The minimum Gasteiger partial charge on any atom is -0.277 e. The summed E-state index contributed by atoms with van der Waals surface area (Å²) < 4.78 is 64.8. The van der Waals surface area contributed by atoms with Crippen molar-refractivity contribution in [2.75, 3.05) is 14.1 Å². The highest BCUT2D eigenvalue weighted by molar-refractivity contribution is 6.45. The maximum absolute atomic E-state index is 16.2. The molecule has 4 amide bonds. The Morgan fingerprint density at radius 3 is 0.848 bits per heavy atom. The lowest BCUT2D eigenvalue weighted by atomic mass is 9.80. The van der Waals surface area contributed by atoms with Crippen molar-refractivity contribution >= 4 is 99.0 Å². The van der Waals surface area contributed by atoms with Crippen LogP contribution in [-0.2, 0) is 0 Å². The number of carbonyl (C=O) groups is 4. The van der Waals surface area contributed by atoms with Gasteiger partial charge in [0.1, 0.15) is 23.3 Å². The predicted octanol–water partition coefficient (Wildman–Crippen LogP) is 7.64. The fraction of sp³-hybridized carbons (Fsp3) is 0.0556. The summed E-state index contributed by atoms with van der Waals surface area (Å²) in [6.45, 7) is 0. The molecule has 0 spiro atoms. The number of benzene rings is 8. The molecule has 0 saturated heterocycles. The second-order valence-electron chi connectivity index (χ2n) is 12.0. The molecule has 0 radical (unpaired) electrons. The zero-order chi connectivity index (χ0) is 31.8. The van der Waals surface area contributed by atoms with Crippen LogP contribution in [-0.4, -0.2) is 47.5 Å². The zero-order valence-corrected chi connectivity index (χ0v) is 23.7. The first-order chi connectivity index (χ1) is 22.0. The molecular formula is C36H14F4N2O4. The predicted molar refractivity (Wildman–Crippen MR) is 164 cm³/mol. The molecule has 0 aromatic heterocycles. The summed E-state index contributed by atoms with van der Waals surface area (Å²) in [7, 11) is 2.49. The Morgan fingerprint density at radius 1 is 0.370 bits per heavy atom. The average Bonchev–Trinajstić information content (AvgIpc) is 3.04. The molecule has 0 atom stereocenters. The van der Waals surface area contributed by atoms with Crippen molar-refractivity contribution in [1.82, 2.24) is 9.80 Å². The number of halogens is 4. The van der Waals surface area contributed by atoms with Gasteiger partial charge in [-0.3, -0.25) is 29.0 Å². The van der Waals surface area contributed by atoms with E-state index in [2.05, 4.69) is 0 Å². The first kappa shape index (κ1) is 25.4. The molecule has 2 aliphatic heterocycles. The molecule has 0 unspecified atom stereocenters. The highest BCUT2D eigenvalue weighted by atomic mass is 19.1. The molecule has 2 aliphatic rings. The van der Waals surface area contributed by atoms with Gasteiger partial charge in [-0.15, -0.1) is 0 Å². The van der Waals surface area contributed by atoms with Crippen molar-refractivity contribution in [2.24, 2.45) is 0 Å². The van der Waals surface area contributed by atoms with Crippen molar-refractivity contribution < 1.29 is 36.7 Å². The number of nitrogens with zero attached hydrogens (tertiary/aromatic N) is 2. The van der Waals surface area contributed by atoms with Crippen LogP contribution in [0.3, 0.4) is 0 Å². The molecule has 220 valence electrons. The summed E-state index contributed by atoms with van der Waals surface area (Å²) in [6, 6.07) is 10.4. The largest absolute Gasteiger partial charge is 0.277 e. The molecule has 0 bridgehead atoms. The van der Waals surface area contributed by atoms with Gasteiger partial charge in [-0.2, -0.15) is 0 Å². The van der Waals surface area contributed by atoms with Crippen molar-refractivity contribution in [3.05, 3.63) is 94.1 Å². The summed E-state index contributed by atoms with van der Waals surface area (Å²) >= 11 is 0. The summed E-state index contributed by atoms with van der Waals surface area (Å²) in [5, 5.41) is 2.13. The Morgan fingerprint density at radius 2 is 0.609 bits per heavy atom. The minimum atomic E-state index is -0.823. The van der Waals surface area contributed by atoms with Gasteiger partial charge in [0.2, 0.25) is 0 Å². The van der Waals surface area contributed by atoms with Crippen LogP contribution in [0.1, 0.15) is 41.4 Å². The lowest BCUT2D eigenvalue weighted by Gasteiger charge is -2.27. The van der Waals surface area contributed by atoms with Crippen molar-refractivity contribution in [3.8, 4) is 0 Å². The van der Waals surface area contributed by atoms with Crippen LogP contribution in [0.2, 0.25) is 0 Å². The van der Waals surface area contributed by atoms with Crippen LogP contribution < -0.4 is 0 Å². The molecule has 6 nitrogen and oxygen atoms in total. The van der Waals surface area contributed by atoms with Crippen molar-refractivity contribution in [3.63, 3.8) is 0 Å². The molecule has 0 aliphatic carbocycles. The van der Waals surface area contributed by atoms with E-state index in [9.17, 15) is 19.2 Å². The number of rotatable bonds is 0. The van der Waals surface area contributed by atoms with Gasteiger partial charge >= 0.3 is 0 Å². The fourth-order valence-corrected chi connectivity index (χ4v) is 8.10. The normalized spacial score (nSPS) is 15.3. The Labute approximate surface area is 253 Å². The highest BCUT2D eigenvalue weighted by Gasteiger charge is 2.37. The standard InChI is InChI=1S/C36H14F4N2O4/c1-41-33(43)15-7-19(37)27-11-3-5-13-24-14(6-4-12(23(11)24)28-20(38)8-16(34(41)44)25(15)31(27)28)30-22(40)10-18-26-17(35(45)42(2)36(18)46)9-21(39)29(13)32(26)30/h3-10H,1-2H3. The number of imide groups is 2.